The number of hydrogen-bond donors (Lipinski definition) is 2. The predicted molar refractivity (Wildman–Crippen MR) is 51.1 cm³/mol. The monoisotopic (exact) mass is 228 g/mol. The van der Waals surface area contributed by atoms with Gasteiger partial charge in [-0.2, -0.15) is 0 Å². The molecule has 0 aliphatic carbocycles. The highest BCUT2D eigenvalue weighted by Crippen LogP contribution is 1.86. The fourth-order valence-electron chi connectivity index (χ4n) is 0.950. The van der Waals surface area contributed by atoms with Crippen LogP contribution in [0.5, 0.6) is 0 Å². The number of hydrogen-bond acceptors (Lipinski definition) is 6. The van der Waals surface area contributed by atoms with Crippen molar-refractivity contribution in [1.82, 2.24) is 20.3 Å². The number of nitrogens with one attached hydrogen (secondary N) is 1. The lowest BCUT2D eigenvalue weighted by Gasteiger charge is -2.09. The van der Waals surface area contributed by atoms with Crippen molar-refractivity contribution in [3.05, 3.63) is 12.4 Å². The van der Waals surface area contributed by atoms with Crippen LogP contribution < -0.4 is 5.32 Å². The third-order valence-electron chi connectivity index (χ3n) is 1.74. The van der Waals surface area contributed by atoms with Crippen LogP contribution in [0.1, 0.15) is 0 Å². The number of carbonyl (C=O) groups is 2. The Morgan fingerprint density at radius 1 is 1.62 bits per heavy atom. The van der Waals surface area contributed by atoms with Crippen molar-refractivity contribution in [2.24, 2.45) is 0 Å². The lowest BCUT2D eigenvalue weighted by atomic mass is 10.3. The van der Waals surface area contributed by atoms with Gasteiger partial charge < -0.3 is 15.2 Å². The first kappa shape index (κ1) is 12.1. The van der Waals surface area contributed by atoms with Crippen LogP contribution in [-0.2, 0) is 20.9 Å². The summed E-state index contributed by atoms with van der Waals surface area (Å²) in [5, 5.41) is 18.6. The summed E-state index contributed by atoms with van der Waals surface area (Å²) in [4.78, 5) is 22.1. The average Bonchev–Trinajstić information content (AvgIpc) is 2.77. The quantitative estimate of drug-likeness (QED) is 0.561. The largest absolute Gasteiger partial charge is 0.467 e. The molecule has 0 fully saturated rings. The van der Waals surface area contributed by atoms with Crippen molar-refractivity contribution in [1.29, 1.82) is 0 Å². The van der Waals surface area contributed by atoms with Gasteiger partial charge in [0.15, 0.2) is 6.10 Å². The number of carbonyl (C=O) groups excluding carboxylic acids is 2. The number of rotatable bonds is 5. The highest BCUT2D eigenvalue weighted by molar-refractivity contribution is 5.78. The van der Waals surface area contributed by atoms with E-state index in [0.29, 0.717) is 0 Å². The Bertz CT molecular complexity index is 351. The number of aliphatic hydroxyl groups is 1. The van der Waals surface area contributed by atoms with E-state index in [0.717, 1.165) is 7.11 Å². The maximum atomic E-state index is 11.3. The SMILES string of the molecule is COC(=O)C(O)CNC(=O)Cn1ccnn1. The van der Waals surface area contributed by atoms with Gasteiger partial charge in [-0.05, 0) is 0 Å². The Hall–Kier alpha value is -1.96. The molecule has 0 aliphatic heterocycles. The van der Waals surface area contributed by atoms with Crippen LogP contribution in [0.25, 0.3) is 0 Å². The molecule has 16 heavy (non-hydrogen) atoms. The Morgan fingerprint density at radius 2 is 2.38 bits per heavy atom. The van der Waals surface area contributed by atoms with Crippen molar-refractivity contribution in [3.63, 3.8) is 0 Å². The summed E-state index contributed by atoms with van der Waals surface area (Å²) in [6.45, 7) is -0.214. The molecule has 1 aromatic heterocycles. The third kappa shape index (κ3) is 3.65. The summed E-state index contributed by atoms with van der Waals surface area (Å²) in [5.41, 5.74) is 0. The molecule has 0 aliphatic rings. The van der Waals surface area contributed by atoms with E-state index < -0.39 is 12.1 Å². The van der Waals surface area contributed by atoms with E-state index in [-0.39, 0.29) is 19.0 Å². The van der Waals surface area contributed by atoms with E-state index in [1.54, 1.807) is 0 Å². The van der Waals surface area contributed by atoms with Gasteiger partial charge in [0, 0.05) is 6.20 Å². The summed E-state index contributed by atoms with van der Waals surface area (Å²) >= 11 is 0. The molecule has 1 heterocycles. The summed E-state index contributed by atoms with van der Waals surface area (Å²) < 4.78 is 5.60. The maximum absolute atomic E-state index is 11.3. The topological polar surface area (TPSA) is 106 Å². The summed E-state index contributed by atoms with van der Waals surface area (Å²) in [5.74, 6) is -1.17. The minimum absolute atomic E-state index is 0.0199. The molecule has 0 spiro atoms. The Morgan fingerprint density at radius 3 is 2.94 bits per heavy atom. The molecule has 1 amide bonds. The molecule has 0 radical (unpaired) electrons. The van der Waals surface area contributed by atoms with Crippen LogP contribution in [0, 0.1) is 0 Å². The van der Waals surface area contributed by atoms with Crippen molar-refractivity contribution in [2.75, 3.05) is 13.7 Å². The zero-order chi connectivity index (χ0) is 12.0. The number of aliphatic hydroxyl groups excluding tert-OH is 1. The van der Waals surface area contributed by atoms with Crippen LogP contribution in [0.15, 0.2) is 12.4 Å². The number of nitrogens with zero attached hydrogens (tertiary/aromatic N) is 3. The highest BCUT2D eigenvalue weighted by atomic mass is 16.5. The van der Waals surface area contributed by atoms with E-state index in [2.05, 4.69) is 20.4 Å². The molecule has 1 unspecified atom stereocenters. The fraction of sp³-hybridized carbons (Fsp3) is 0.500. The summed E-state index contributed by atoms with van der Waals surface area (Å²) in [6, 6.07) is 0. The molecular weight excluding hydrogens is 216 g/mol. The van der Waals surface area contributed by atoms with Gasteiger partial charge in [0.2, 0.25) is 5.91 Å². The molecule has 1 atom stereocenters. The molecule has 0 saturated carbocycles. The molecule has 8 heteroatoms. The lowest BCUT2D eigenvalue weighted by Crippen LogP contribution is -2.38. The molecule has 1 aromatic rings. The van der Waals surface area contributed by atoms with E-state index >= 15 is 0 Å². The summed E-state index contributed by atoms with van der Waals surface area (Å²) in [7, 11) is 1.16. The fourth-order valence-corrected chi connectivity index (χ4v) is 0.950. The summed E-state index contributed by atoms with van der Waals surface area (Å²) in [6.07, 6.45) is 1.61. The standard InChI is InChI=1S/C8H12N4O4/c1-16-8(15)6(13)4-9-7(14)5-12-3-2-10-11-12/h2-3,6,13H,4-5H2,1H3,(H,9,14). The van der Waals surface area contributed by atoms with Crippen LogP contribution in [0.3, 0.4) is 0 Å². The van der Waals surface area contributed by atoms with Crippen LogP contribution in [0.2, 0.25) is 0 Å². The van der Waals surface area contributed by atoms with Gasteiger partial charge in [-0.25, -0.2) is 9.48 Å². The molecular formula is C8H12N4O4. The Labute approximate surface area is 91.2 Å². The van der Waals surface area contributed by atoms with Gasteiger partial charge in [-0.3, -0.25) is 4.79 Å². The van der Waals surface area contributed by atoms with Crippen LogP contribution >= 0.6 is 0 Å². The zero-order valence-corrected chi connectivity index (χ0v) is 8.66. The maximum Gasteiger partial charge on any atom is 0.336 e. The second kappa shape index (κ2) is 5.81. The third-order valence-corrected chi connectivity index (χ3v) is 1.74. The van der Waals surface area contributed by atoms with Crippen LogP contribution in [0.4, 0.5) is 0 Å². The van der Waals surface area contributed by atoms with E-state index in [4.69, 9.17) is 5.11 Å². The van der Waals surface area contributed by atoms with Crippen molar-refractivity contribution in [3.8, 4) is 0 Å². The predicted octanol–water partition coefficient (Wildman–Crippen LogP) is -2.07. The smallest absolute Gasteiger partial charge is 0.336 e. The second-order valence-electron chi connectivity index (χ2n) is 2.94. The zero-order valence-electron chi connectivity index (χ0n) is 8.66. The number of methoxy groups -OCH3 is 1. The normalized spacial score (nSPS) is 11.9. The first-order valence-corrected chi connectivity index (χ1v) is 4.50. The van der Waals surface area contributed by atoms with Gasteiger partial charge in [0.25, 0.3) is 0 Å². The second-order valence-corrected chi connectivity index (χ2v) is 2.94. The van der Waals surface area contributed by atoms with Gasteiger partial charge >= 0.3 is 5.97 Å². The molecule has 8 nitrogen and oxygen atoms in total. The van der Waals surface area contributed by atoms with Gasteiger partial charge in [0.1, 0.15) is 6.54 Å². The van der Waals surface area contributed by atoms with Gasteiger partial charge in [-0.15, -0.1) is 5.10 Å². The number of ether oxygens (including phenoxy) is 1. The van der Waals surface area contributed by atoms with E-state index in [1.807, 2.05) is 0 Å². The Balaban J connectivity index is 2.28. The van der Waals surface area contributed by atoms with Crippen molar-refractivity contribution in [2.45, 2.75) is 12.6 Å². The van der Waals surface area contributed by atoms with Gasteiger partial charge in [-0.1, -0.05) is 5.21 Å². The molecule has 1 rings (SSSR count). The molecule has 88 valence electrons. The lowest BCUT2D eigenvalue weighted by molar-refractivity contribution is -0.150. The number of amides is 1. The molecule has 0 saturated heterocycles. The first-order valence-electron chi connectivity index (χ1n) is 4.50. The van der Waals surface area contributed by atoms with E-state index in [1.165, 1.54) is 17.1 Å². The number of esters is 1. The first-order chi connectivity index (χ1) is 7.63. The van der Waals surface area contributed by atoms with Crippen LogP contribution in [-0.4, -0.2) is 51.7 Å². The van der Waals surface area contributed by atoms with Crippen molar-refractivity contribution >= 4 is 11.9 Å². The highest BCUT2D eigenvalue weighted by Gasteiger charge is 2.16. The number of aromatic nitrogens is 3. The minimum Gasteiger partial charge on any atom is -0.467 e. The van der Waals surface area contributed by atoms with Gasteiger partial charge in [0.05, 0.1) is 19.9 Å². The molecule has 0 aromatic carbocycles. The minimum atomic E-state index is -1.36. The molecule has 2 N–H and O–H groups in total. The van der Waals surface area contributed by atoms with E-state index in [9.17, 15) is 9.59 Å². The Kier molecular flexibility index (Phi) is 4.40. The molecule has 0 bridgehead atoms. The van der Waals surface area contributed by atoms with Crippen molar-refractivity contribution < 1.29 is 19.4 Å². The average molecular weight is 228 g/mol.